The first-order valence-corrected chi connectivity index (χ1v) is 5.28. The van der Waals surface area contributed by atoms with Crippen molar-refractivity contribution >= 4 is 5.97 Å². The molecule has 0 amide bonds. The van der Waals surface area contributed by atoms with E-state index in [-0.39, 0.29) is 17.3 Å². The average Bonchev–Trinajstić information content (AvgIpc) is 2.57. The van der Waals surface area contributed by atoms with Crippen LogP contribution < -0.4 is 0 Å². The van der Waals surface area contributed by atoms with Crippen molar-refractivity contribution in [3.8, 4) is 0 Å². The summed E-state index contributed by atoms with van der Waals surface area (Å²) >= 11 is 0. The van der Waals surface area contributed by atoms with Crippen LogP contribution in [0, 0.1) is 11.3 Å². The van der Waals surface area contributed by atoms with Gasteiger partial charge in [0, 0.05) is 18.6 Å². The molecule has 0 spiro atoms. The third kappa shape index (κ3) is 1.53. The number of rotatable bonds is 4. The summed E-state index contributed by atoms with van der Waals surface area (Å²) in [6.07, 6.45) is 1.59. The van der Waals surface area contributed by atoms with E-state index in [4.69, 9.17) is 14.3 Å². The SMILES string of the molecule is COCc1ccoc1C1C(C(=O)O)C1(C)C. The van der Waals surface area contributed by atoms with E-state index in [2.05, 4.69) is 0 Å². The Morgan fingerprint density at radius 1 is 1.62 bits per heavy atom. The molecule has 1 aromatic heterocycles. The largest absolute Gasteiger partial charge is 0.481 e. The summed E-state index contributed by atoms with van der Waals surface area (Å²) in [5.41, 5.74) is 0.718. The second-order valence-electron chi connectivity index (χ2n) is 4.86. The van der Waals surface area contributed by atoms with Gasteiger partial charge in [0.1, 0.15) is 5.76 Å². The lowest BCUT2D eigenvalue weighted by molar-refractivity contribution is -0.139. The molecule has 2 rings (SSSR count). The van der Waals surface area contributed by atoms with Gasteiger partial charge in [0.05, 0.1) is 18.8 Å². The summed E-state index contributed by atoms with van der Waals surface area (Å²) in [4.78, 5) is 11.1. The maximum absolute atomic E-state index is 11.1. The molecule has 1 heterocycles. The molecule has 0 radical (unpaired) electrons. The highest BCUT2D eigenvalue weighted by Crippen LogP contribution is 2.65. The van der Waals surface area contributed by atoms with Gasteiger partial charge in [-0.2, -0.15) is 0 Å². The van der Waals surface area contributed by atoms with Crippen molar-refractivity contribution in [1.82, 2.24) is 0 Å². The number of hydrogen-bond acceptors (Lipinski definition) is 3. The van der Waals surface area contributed by atoms with Crippen LogP contribution in [-0.4, -0.2) is 18.2 Å². The number of carbonyl (C=O) groups is 1. The highest BCUT2D eigenvalue weighted by Gasteiger charge is 2.64. The fourth-order valence-electron chi connectivity index (χ4n) is 2.48. The minimum atomic E-state index is -0.755. The number of ether oxygens (including phenoxy) is 1. The summed E-state index contributed by atoms with van der Waals surface area (Å²) in [5, 5.41) is 9.11. The van der Waals surface area contributed by atoms with E-state index < -0.39 is 5.97 Å². The van der Waals surface area contributed by atoms with Gasteiger partial charge in [-0.25, -0.2) is 0 Å². The Bertz CT molecular complexity index is 405. The van der Waals surface area contributed by atoms with Crippen LogP contribution in [0.25, 0.3) is 0 Å². The minimum absolute atomic E-state index is 0.0369. The monoisotopic (exact) mass is 224 g/mol. The summed E-state index contributed by atoms with van der Waals surface area (Å²) in [6, 6.07) is 1.84. The molecule has 4 heteroatoms. The molecule has 1 aromatic rings. The van der Waals surface area contributed by atoms with Crippen LogP contribution in [0.4, 0.5) is 0 Å². The Balaban J connectivity index is 2.26. The molecule has 0 aliphatic heterocycles. The van der Waals surface area contributed by atoms with Gasteiger partial charge >= 0.3 is 5.97 Å². The molecule has 88 valence electrons. The van der Waals surface area contributed by atoms with E-state index in [0.717, 1.165) is 11.3 Å². The van der Waals surface area contributed by atoms with E-state index in [1.54, 1.807) is 13.4 Å². The van der Waals surface area contributed by atoms with Crippen molar-refractivity contribution in [2.45, 2.75) is 26.4 Å². The number of carboxylic acid groups (broad SMARTS) is 1. The van der Waals surface area contributed by atoms with Gasteiger partial charge in [-0.15, -0.1) is 0 Å². The van der Waals surface area contributed by atoms with E-state index >= 15 is 0 Å². The lowest BCUT2D eigenvalue weighted by atomic mass is 10.1. The molecule has 1 saturated carbocycles. The fourth-order valence-corrected chi connectivity index (χ4v) is 2.48. The third-order valence-corrected chi connectivity index (χ3v) is 3.46. The zero-order valence-electron chi connectivity index (χ0n) is 9.69. The Labute approximate surface area is 94.2 Å². The quantitative estimate of drug-likeness (QED) is 0.852. The molecule has 2 unspecified atom stereocenters. The first-order chi connectivity index (χ1) is 7.50. The molecular formula is C12H16O4. The van der Waals surface area contributed by atoms with Crippen LogP contribution in [0.3, 0.4) is 0 Å². The second kappa shape index (κ2) is 3.63. The van der Waals surface area contributed by atoms with E-state index in [9.17, 15) is 4.79 Å². The zero-order chi connectivity index (χ0) is 11.9. The summed E-state index contributed by atoms with van der Waals surface area (Å²) in [6.45, 7) is 4.37. The number of furan rings is 1. The predicted octanol–water partition coefficient (Wildman–Crippen LogP) is 2.25. The Morgan fingerprint density at radius 3 is 2.81 bits per heavy atom. The topological polar surface area (TPSA) is 59.7 Å². The maximum atomic E-state index is 11.1. The molecular weight excluding hydrogens is 208 g/mol. The number of hydrogen-bond donors (Lipinski definition) is 1. The van der Waals surface area contributed by atoms with Gasteiger partial charge in [-0.05, 0) is 11.5 Å². The van der Waals surface area contributed by atoms with Crippen molar-refractivity contribution < 1.29 is 19.1 Å². The molecule has 1 aliphatic carbocycles. The molecule has 0 bridgehead atoms. The van der Waals surface area contributed by atoms with Gasteiger partial charge in [0.2, 0.25) is 0 Å². The third-order valence-electron chi connectivity index (χ3n) is 3.46. The second-order valence-corrected chi connectivity index (χ2v) is 4.86. The first kappa shape index (κ1) is 11.2. The Hall–Kier alpha value is -1.29. The van der Waals surface area contributed by atoms with Crippen LogP contribution in [0.5, 0.6) is 0 Å². The van der Waals surface area contributed by atoms with Crippen LogP contribution >= 0.6 is 0 Å². The van der Waals surface area contributed by atoms with E-state index in [0.29, 0.717) is 6.61 Å². The van der Waals surface area contributed by atoms with Crippen LogP contribution in [-0.2, 0) is 16.1 Å². The molecule has 4 nitrogen and oxygen atoms in total. The molecule has 0 aromatic carbocycles. The lowest BCUT2D eigenvalue weighted by Gasteiger charge is -2.02. The number of methoxy groups -OCH3 is 1. The number of carboxylic acids is 1. The Kier molecular flexibility index (Phi) is 2.54. The van der Waals surface area contributed by atoms with Gasteiger partial charge in [-0.1, -0.05) is 13.8 Å². The zero-order valence-corrected chi connectivity index (χ0v) is 9.69. The van der Waals surface area contributed by atoms with Gasteiger partial charge < -0.3 is 14.3 Å². The van der Waals surface area contributed by atoms with Crippen LogP contribution in [0.15, 0.2) is 16.7 Å². The van der Waals surface area contributed by atoms with Gasteiger partial charge in [0.15, 0.2) is 0 Å². The first-order valence-electron chi connectivity index (χ1n) is 5.28. The van der Waals surface area contributed by atoms with Crippen LogP contribution in [0.2, 0.25) is 0 Å². The molecule has 1 N–H and O–H groups in total. The summed E-state index contributed by atoms with van der Waals surface area (Å²) < 4.78 is 10.5. The van der Waals surface area contributed by atoms with Gasteiger partial charge in [-0.3, -0.25) is 4.79 Å². The van der Waals surface area contributed by atoms with E-state index in [1.165, 1.54) is 0 Å². The maximum Gasteiger partial charge on any atom is 0.307 e. The fraction of sp³-hybridized carbons (Fsp3) is 0.583. The molecule has 2 atom stereocenters. The van der Waals surface area contributed by atoms with Crippen LogP contribution in [0.1, 0.15) is 31.1 Å². The van der Waals surface area contributed by atoms with Crippen molar-refractivity contribution in [3.63, 3.8) is 0 Å². The van der Waals surface area contributed by atoms with Crippen molar-refractivity contribution in [3.05, 3.63) is 23.7 Å². The predicted molar refractivity (Wildman–Crippen MR) is 57.1 cm³/mol. The highest BCUT2D eigenvalue weighted by molar-refractivity contribution is 5.77. The highest BCUT2D eigenvalue weighted by atomic mass is 16.5. The van der Waals surface area contributed by atoms with E-state index in [1.807, 2.05) is 19.9 Å². The molecule has 1 fully saturated rings. The van der Waals surface area contributed by atoms with Crippen molar-refractivity contribution in [1.29, 1.82) is 0 Å². The molecule has 0 saturated heterocycles. The summed E-state index contributed by atoms with van der Waals surface area (Å²) in [7, 11) is 1.61. The Morgan fingerprint density at radius 2 is 2.31 bits per heavy atom. The smallest absolute Gasteiger partial charge is 0.307 e. The molecule has 1 aliphatic rings. The standard InChI is InChI=1S/C12H16O4/c1-12(2)8(9(12)11(13)14)10-7(6-15-3)4-5-16-10/h4-5,8-9H,6H2,1-3H3,(H,13,14). The number of aliphatic carboxylic acids is 1. The summed E-state index contributed by atoms with van der Waals surface area (Å²) in [5.74, 6) is -0.381. The van der Waals surface area contributed by atoms with Crippen molar-refractivity contribution in [2.24, 2.45) is 11.3 Å². The van der Waals surface area contributed by atoms with Gasteiger partial charge in [0.25, 0.3) is 0 Å². The average molecular weight is 224 g/mol. The van der Waals surface area contributed by atoms with Crippen molar-refractivity contribution in [2.75, 3.05) is 7.11 Å². The normalized spacial score (nSPS) is 26.7. The minimum Gasteiger partial charge on any atom is -0.481 e. The lowest BCUT2D eigenvalue weighted by Crippen LogP contribution is -2.03. The molecule has 16 heavy (non-hydrogen) atoms.